The van der Waals surface area contributed by atoms with E-state index < -0.39 is 0 Å². The van der Waals surface area contributed by atoms with Gasteiger partial charge >= 0.3 is 0 Å². The topological polar surface area (TPSA) is 61.4 Å². The van der Waals surface area contributed by atoms with Crippen LogP contribution in [0, 0.1) is 0 Å². The summed E-state index contributed by atoms with van der Waals surface area (Å²) in [6.07, 6.45) is 0. The van der Waals surface area contributed by atoms with Gasteiger partial charge in [-0.3, -0.25) is 9.89 Å². The predicted molar refractivity (Wildman–Crippen MR) is 121 cm³/mol. The molecule has 0 bridgehead atoms. The van der Waals surface area contributed by atoms with Gasteiger partial charge in [-0.1, -0.05) is 18.2 Å². The molecule has 154 valence electrons. The van der Waals surface area contributed by atoms with Crippen LogP contribution in [0.1, 0.15) is 11.6 Å². The number of hydrogen-bond donors (Lipinski definition) is 2. The Balaban J connectivity index is 0.00000364. The lowest BCUT2D eigenvalue weighted by atomic mass is 10.0. The molecule has 27 heavy (non-hydrogen) atoms. The van der Waals surface area contributed by atoms with Crippen LogP contribution in [-0.2, 0) is 4.74 Å². The molecule has 0 radical (unpaired) electrons. The zero-order chi connectivity index (χ0) is 18.8. The molecule has 0 aliphatic carbocycles. The van der Waals surface area contributed by atoms with Gasteiger partial charge in [-0.05, 0) is 20.2 Å². The molecule has 8 heteroatoms. The van der Waals surface area contributed by atoms with Gasteiger partial charge in [0.1, 0.15) is 5.75 Å². The van der Waals surface area contributed by atoms with E-state index in [1.807, 2.05) is 18.2 Å². The monoisotopic (exact) mass is 491 g/mol. The molecule has 1 fully saturated rings. The molecule has 1 unspecified atom stereocenters. The van der Waals surface area contributed by atoms with Crippen molar-refractivity contribution in [1.29, 1.82) is 0 Å². The highest BCUT2D eigenvalue weighted by molar-refractivity contribution is 14.0. The molecule has 2 rings (SSSR count). The smallest absolute Gasteiger partial charge is 0.191 e. The van der Waals surface area contributed by atoms with Crippen LogP contribution in [0.15, 0.2) is 29.3 Å². The fourth-order valence-corrected chi connectivity index (χ4v) is 3.08. The SMILES string of the molecule is CN=C(NCCN1CCOCC1)NCC(c1ccccc1OC)N(C)C.I. The van der Waals surface area contributed by atoms with Gasteiger partial charge in [-0.2, -0.15) is 0 Å². The normalized spacial score (nSPS) is 16.6. The molecule has 2 N–H and O–H groups in total. The molecule has 1 aliphatic rings. The number of methoxy groups -OCH3 is 1. The molecule has 7 nitrogen and oxygen atoms in total. The summed E-state index contributed by atoms with van der Waals surface area (Å²) in [5.41, 5.74) is 1.16. The van der Waals surface area contributed by atoms with E-state index in [0.29, 0.717) is 0 Å². The van der Waals surface area contributed by atoms with Crippen LogP contribution >= 0.6 is 24.0 Å². The highest BCUT2D eigenvalue weighted by Gasteiger charge is 2.18. The second-order valence-corrected chi connectivity index (χ2v) is 6.56. The number of benzene rings is 1. The fourth-order valence-electron chi connectivity index (χ4n) is 3.08. The van der Waals surface area contributed by atoms with E-state index >= 15 is 0 Å². The maximum Gasteiger partial charge on any atom is 0.191 e. The van der Waals surface area contributed by atoms with Crippen molar-refractivity contribution >= 4 is 29.9 Å². The first kappa shape index (κ1) is 23.9. The third-order valence-electron chi connectivity index (χ3n) is 4.63. The quantitative estimate of drug-likeness (QED) is 0.326. The molecule has 1 aromatic carbocycles. The van der Waals surface area contributed by atoms with Crippen LogP contribution in [0.2, 0.25) is 0 Å². The highest BCUT2D eigenvalue weighted by atomic mass is 127. The number of halogens is 1. The Morgan fingerprint density at radius 1 is 1.26 bits per heavy atom. The van der Waals surface area contributed by atoms with Crippen molar-refractivity contribution in [3.8, 4) is 5.75 Å². The number of hydrogen-bond acceptors (Lipinski definition) is 5. The minimum Gasteiger partial charge on any atom is -0.496 e. The molecule has 0 amide bonds. The number of rotatable bonds is 8. The summed E-state index contributed by atoms with van der Waals surface area (Å²) in [6, 6.07) is 8.34. The molecule has 1 saturated heterocycles. The summed E-state index contributed by atoms with van der Waals surface area (Å²) in [6.45, 7) is 6.26. The fraction of sp³-hybridized carbons (Fsp3) is 0.632. The third kappa shape index (κ3) is 7.81. The minimum atomic E-state index is 0. The molecule has 1 heterocycles. The second kappa shape index (κ2) is 13.1. The first-order chi connectivity index (χ1) is 12.7. The van der Waals surface area contributed by atoms with Crippen molar-refractivity contribution < 1.29 is 9.47 Å². The summed E-state index contributed by atoms with van der Waals surface area (Å²) in [4.78, 5) is 8.93. The van der Waals surface area contributed by atoms with E-state index in [4.69, 9.17) is 9.47 Å². The number of nitrogens with zero attached hydrogens (tertiary/aromatic N) is 3. The number of nitrogens with one attached hydrogen (secondary N) is 2. The van der Waals surface area contributed by atoms with Crippen molar-refractivity contribution in [3.05, 3.63) is 29.8 Å². The zero-order valence-corrected chi connectivity index (χ0v) is 19.2. The average Bonchev–Trinajstić information content (AvgIpc) is 2.67. The van der Waals surface area contributed by atoms with Crippen LogP contribution in [0.4, 0.5) is 0 Å². The number of likely N-dealkylation sites (N-methyl/N-ethyl adjacent to an activating group) is 1. The van der Waals surface area contributed by atoms with Crippen molar-refractivity contribution in [1.82, 2.24) is 20.4 Å². The van der Waals surface area contributed by atoms with Crippen molar-refractivity contribution in [2.75, 3.05) is 74.2 Å². The maximum atomic E-state index is 5.53. The van der Waals surface area contributed by atoms with Crippen LogP contribution in [0.3, 0.4) is 0 Å². The van der Waals surface area contributed by atoms with Gasteiger partial charge in [0, 0.05) is 45.3 Å². The Bertz CT molecular complexity index is 565. The average molecular weight is 491 g/mol. The molecule has 1 atom stereocenters. The van der Waals surface area contributed by atoms with Gasteiger partial charge in [0.15, 0.2) is 5.96 Å². The minimum absolute atomic E-state index is 0. The summed E-state index contributed by atoms with van der Waals surface area (Å²) < 4.78 is 10.9. The largest absolute Gasteiger partial charge is 0.496 e. The second-order valence-electron chi connectivity index (χ2n) is 6.56. The zero-order valence-electron chi connectivity index (χ0n) is 16.9. The Kier molecular flexibility index (Phi) is 11.7. The molecule has 0 aromatic heterocycles. The predicted octanol–water partition coefficient (Wildman–Crippen LogP) is 1.41. The summed E-state index contributed by atoms with van der Waals surface area (Å²) in [5.74, 6) is 1.73. The molecule has 1 aliphatic heterocycles. The lowest BCUT2D eigenvalue weighted by molar-refractivity contribution is 0.0389. The summed E-state index contributed by atoms with van der Waals surface area (Å²) >= 11 is 0. The molecule has 0 spiro atoms. The summed E-state index contributed by atoms with van der Waals surface area (Å²) in [7, 11) is 7.67. The van der Waals surface area contributed by atoms with E-state index in [-0.39, 0.29) is 30.0 Å². The summed E-state index contributed by atoms with van der Waals surface area (Å²) in [5, 5.41) is 6.83. The van der Waals surface area contributed by atoms with Crippen LogP contribution in [-0.4, -0.2) is 89.9 Å². The van der Waals surface area contributed by atoms with Crippen molar-refractivity contribution in [2.24, 2.45) is 4.99 Å². The van der Waals surface area contributed by atoms with E-state index in [1.54, 1.807) is 14.2 Å². The van der Waals surface area contributed by atoms with Gasteiger partial charge < -0.3 is 25.0 Å². The number of morpholine rings is 1. The maximum absolute atomic E-state index is 5.53. The van der Waals surface area contributed by atoms with Gasteiger partial charge in [0.05, 0.1) is 26.4 Å². The Morgan fingerprint density at radius 3 is 2.59 bits per heavy atom. The van der Waals surface area contributed by atoms with Crippen LogP contribution in [0.5, 0.6) is 5.75 Å². The lowest BCUT2D eigenvalue weighted by Gasteiger charge is -2.28. The molecular weight excluding hydrogens is 457 g/mol. The van der Waals surface area contributed by atoms with Crippen LogP contribution < -0.4 is 15.4 Å². The van der Waals surface area contributed by atoms with Gasteiger partial charge in [-0.15, -0.1) is 24.0 Å². The number of guanidine groups is 1. The van der Waals surface area contributed by atoms with Crippen LogP contribution in [0.25, 0.3) is 0 Å². The Morgan fingerprint density at radius 2 is 1.96 bits per heavy atom. The first-order valence-electron chi connectivity index (χ1n) is 9.19. The molecule has 1 aromatic rings. The van der Waals surface area contributed by atoms with Crippen molar-refractivity contribution in [3.63, 3.8) is 0 Å². The number of ether oxygens (including phenoxy) is 2. The van der Waals surface area contributed by atoms with E-state index in [9.17, 15) is 0 Å². The number of para-hydroxylation sites is 1. The van der Waals surface area contributed by atoms with E-state index in [1.165, 1.54) is 0 Å². The van der Waals surface area contributed by atoms with Gasteiger partial charge in [0.2, 0.25) is 0 Å². The van der Waals surface area contributed by atoms with E-state index in [0.717, 1.165) is 63.2 Å². The standard InChI is InChI=1S/C19H33N5O2.HI/c1-20-19(21-9-10-24-11-13-26-14-12-24)22-15-17(23(2)3)16-7-5-6-8-18(16)25-4;/h5-8,17H,9-15H2,1-4H3,(H2,20,21,22);1H. The van der Waals surface area contributed by atoms with Gasteiger partial charge in [0.25, 0.3) is 0 Å². The van der Waals surface area contributed by atoms with Crippen molar-refractivity contribution in [2.45, 2.75) is 6.04 Å². The molecule has 0 saturated carbocycles. The molecular formula is C19H34IN5O2. The lowest BCUT2D eigenvalue weighted by Crippen LogP contribution is -2.46. The third-order valence-corrected chi connectivity index (χ3v) is 4.63. The highest BCUT2D eigenvalue weighted by Crippen LogP contribution is 2.27. The van der Waals surface area contributed by atoms with E-state index in [2.05, 4.69) is 45.6 Å². The Hall–Kier alpha value is -1.10. The first-order valence-corrected chi connectivity index (χ1v) is 9.19. The number of aliphatic imine (C=N–C) groups is 1. The Labute approximate surface area is 180 Å². The van der Waals surface area contributed by atoms with Gasteiger partial charge in [-0.25, -0.2) is 0 Å².